The average molecular weight is 314 g/mol. The molecule has 21 heavy (non-hydrogen) atoms. The predicted molar refractivity (Wildman–Crippen MR) is 79.5 cm³/mol. The fourth-order valence-corrected chi connectivity index (χ4v) is 4.17. The summed E-state index contributed by atoms with van der Waals surface area (Å²) in [6.07, 6.45) is 3.30. The van der Waals surface area contributed by atoms with Crippen molar-refractivity contribution in [1.29, 1.82) is 0 Å². The molecule has 1 saturated carbocycles. The van der Waals surface area contributed by atoms with Crippen LogP contribution in [0.3, 0.4) is 0 Å². The quantitative estimate of drug-likeness (QED) is 0.883. The molecule has 0 aromatic heterocycles. The lowest BCUT2D eigenvalue weighted by atomic mass is 10.1. The second-order valence-electron chi connectivity index (χ2n) is 5.54. The number of anilines is 1. The van der Waals surface area contributed by atoms with Crippen molar-refractivity contribution in [3.05, 3.63) is 29.1 Å². The molecular weight excluding hydrogens is 295 g/mol. The average Bonchev–Trinajstić information content (AvgIpc) is 2.82. The molecule has 1 aliphatic carbocycles. The molecule has 0 bridgehead atoms. The van der Waals surface area contributed by atoms with E-state index in [-0.39, 0.29) is 11.6 Å². The smallest absolute Gasteiger partial charge is 0.248 e. The molecule has 1 aliphatic rings. The molecule has 2 rings (SSSR count). The van der Waals surface area contributed by atoms with Gasteiger partial charge in [0, 0.05) is 29.1 Å². The predicted octanol–water partition coefficient (Wildman–Crippen LogP) is 1.61. The third kappa shape index (κ3) is 3.34. The third-order valence-corrected chi connectivity index (χ3v) is 5.64. The Morgan fingerprint density at radius 1 is 1.38 bits per heavy atom. The summed E-state index contributed by atoms with van der Waals surface area (Å²) in [4.78, 5) is 11.2. The number of hydrogen-bond acceptors (Lipinski definition) is 4. The van der Waals surface area contributed by atoms with Gasteiger partial charge in [0.15, 0.2) is 9.84 Å². The molecule has 1 aromatic rings. The number of carbonyl (C=O) groups excluding carboxylic acids is 1. The highest BCUT2D eigenvalue weighted by molar-refractivity contribution is 7.91. The van der Waals surface area contributed by atoms with E-state index >= 15 is 0 Å². The Bertz CT molecular complexity index is 673. The van der Waals surface area contributed by atoms with Crippen LogP contribution in [0.5, 0.6) is 0 Å². The summed E-state index contributed by atoms with van der Waals surface area (Å²) in [5, 5.41) is 2.59. The molecule has 0 saturated heterocycles. The third-order valence-electron chi connectivity index (χ3n) is 3.97. The summed E-state index contributed by atoms with van der Waals surface area (Å²) >= 11 is 0. The Kier molecular flexibility index (Phi) is 4.22. The normalized spacial score (nSPS) is 22.2. The van der Waals surface area contributed by atoms with Crippen LogP contribution in [0.1, 0.15) is 35.2 Å². The standard InChI is InChI=1S/C14H19FN2O3S/c1-8-10(15)6-9(14(16)18)7-12(8)17-11-4-3-5-13(11)21(2,19)20/h6-7,11,13,17H,3-5H2,1-2H3,(H2,16,18). The summed E-state index contributed by atoms with van der Waals surface area (Å²) in [7, 11) is -3.17. The topological polar surface area (TPSA) is 89.3 Å². The van der Waals surface area contributed by atoms with Gasteiger partial charge in [-0.05, 0) is 38.3 Å². The molecule has 2 unspecified atom stereocenters. The summed E-state index contributed by atoms with van der Waals surface area (Å²) < 4.78 is 37.4. The van der Waals surface area contributed by atoms with Crippen LogP contribution in [-0.4, -0.2) is 31.9 Å². The number of amides is 1. The molecule has 0 heterocycles. The molecule has 0 aliphatic heterocycles. The number of sulfone groups is 1. The number of nitrogens with one attached hydrogen (secondary N) is 1. The van der Waals surface area contributed by atoms with Gasteiger partial charge >= 0.3 is 0 Å². The first-order chi connectivity index (χ1) is 9.70. The first kappa shape index (κ1) is 15.8. The number of rotatable bonds is 4. The maximum Gasteiger partial charge on any atom is 0.248 e. The Hall–Kier alpha value is -1.63. The molecule has 116 valence electrons. The highest BCUT2D eigenvalue weighted by Crippen LogP contribution is 2.30. The first-order valence-corrected chi connectivity index (χ1v) is 8.71. The molecule has 0 spiro atoms. The number of benzene rings is 1. The van der Waals surface area contributed by atoms with Crippen LogP contribution in [0, 0.1) is 12.7 Å². The SMILES string of the molecule is Cc1c(F)cc(C(N)=O)cc1NC1CCCC1S(C)(=O)=O. The fourth-order valence-electron chi connectivity index (χ4n) is 2.77. The first-order valence-electron chi connectivity index (χ1n) is 6.75. The minimum Gasteiger partial charge on any atom is -0.381 e. The lowest BCUT2D eigenvalue weighted by Gasteiger charge is -2.22. The van der Waals surface area contributed by atoms with Crippen molar-refractivity contribution < 1.29 is 17.6 Å². The van der Waals surface area contributed by atoms with Crippen LogP contribution in [0.25, 0.3) is 0 Å². The van der Waals surface area contributed by atoms with Crippen molar-refractivity contribution in [3.8, 4) is 0 Å². The Labute approximate surface area is 123 Å². The van der Waals surface area contributed by atoms with Crippen LogP contribution in [-0.2, 0) is 9.84 Å². The van der Waals surface area contributed by atoms with Crippen molar-refractivity contribution in [1.82, 2.24) is 0 Å². The van der Waals surface area contributed by atoms with Gasteiger partial charge < -0.3 is 11.1 Å². The van der Waals surface area contributed by atoms with Crippen molar-refractivity contribution in [2.75, 3.05) is 11.6 Å². The van der Waals surface area contributed by atoms with Gasteiger partial charge in [-0.15, -0.1) is 0 Å². The monoisotopic (exact) mass is 314 g/mol. The maximum atomic E-state index is 13.8. The number of carbonyl (C=O) groups is 1. The molecule has 3 N–H and O–H groups in total. The number of nitrogens with two attached hydrogens (primary N) is 1. The molecule has 2 atom stereocenters. The van der Waals surface area contributed by atoms with Crippen LogP contribution in [0.4, 0.5) is 10.1 Å². The van der Waals surface area contributed by atoms with Crippen LogP contribution < -0.4 is 11.1 Å². The second-order valence-corrected chi connectivity index (χ2v) is 7.81. The minimum atomic E-state index is -3.17. The fraction of sp³-hybridized carbons (Fsp3) is 0.500. The van der Waals surface area contributed by atoms with Crippen LogP contribution in [0.2, 0.25) is 0 Å². The molecule has 5 nitrogen and oxygen atoms in total. The molecule has 1 fully saturated rings. The van der Waals surface area contributed by atoms with E-state index in [4.69, 9.17) is 5.73 Å². The lowest BCUT2D eigenvalue weighted by Crippen LogP contribution is -2.34. The van der Waals surface area contributed by atoms with E-state index < -0.39 is 26.8 Å². The molecule has 1 amide bonds. The molecule has 1 aromatic carbocycles. The summed E-state index contributed by atoms with van der Waals surface area (Å²) in [6.45, 7) is 1.58. The number of halogens is 1. The van der Waals surface area contributed by atoms with Crippen molar-refractivity contribution in [3.63, 3.8) is 0 Å². The van der Waals surface area contributed by atoms with E-state index in [1.165, 1.54) is 12.3 Å². The Morgan fingerprint density at radius 2 is 2.05 bits per heavy atom. The van der Waals surface area contributed by atoms with E-state index in [1.54, 1.807) is 6.92 Å². The van der Waals surface area contributed by atoms with Gasteiger partial charge in [0.05, 0.1) is 5.25 Å². The van der Waals surface area contributed by atoms with Gasteiger partial charge in [-0.2, -0.15) is 0 Å². The van der Waals surface area contributed by atoms with Crippen molar-refractivity contribution in [2.45, 2.75) is 37.5 Å². The van der Waals surface area contributed by atoms with E-state index in [1.807, 2.05) is 0 Å². The van der Waals surface area contributed by atoms with Crippen LogP contribution >= 0.6 is 0 Å². The Morgan fingerprint density at radius 3 is 2.62 bits per heavy atom. The molecule has 7 heteroatoms. The van der Waals surface area contributed by atoms with Crippen molar-refractivity contribution >= 4 is 21.4 Å². The second kappa shape index (κ2) is 5.63. The summed E-state index contributed by atoms with van der Waals surface area (Å²) in [5.74, 6) is -1.26. The highest BCUT2D eigenvalue weighted by atomic mass is 32.2. The van der Waals surface area contributed by atoms with Gasteiger partial charge in [0.2, 0.25) is 5.91 Å². The number of hydrogen-bond donors (Lipinski definition) is 2. The molecule has 0 radical (unpaired) electrons. The van der Waals surface area contributed by atoms with E-state index in [2.05, 4.69) is 5.32 Å². The van der Waals surface area contributed by atoms with E-state index in [0.717, 1.165) is 12.5 Å². The Balaban J connectivity index is 2.33. The molecular formula is C14H19FN2O3S. The zero-order valence-corrected chi connectivity index (χ0v) is 12.8. The van der Waals surface area contributed by atoms with Gasteiger partial charge in [-0.3, -0.25) is 4.79 Å². The van der Waals surface area contributed by atoms with Gasteiger partial charge in [-0.25, -0.2) is 12.8 Å². The van der Waals surface area contributed by atoms with Gasteiger partial charge in [-0.1, -0.05) is 0 Å². The zero-order valence-electron chi connectivity index (χ0n) is 12.0. The summed E-state index contributed by atoms with van der Waals surface area (Å²) in [6, 6.07) is 2.28. The van der Waals surface area contributed by atoms with Crippen molar-refractivity contribution in [2.24, 2.45) is 5.73 Å². The maximum absolute atomic E-state index is 13.8. The van der Waals surface area contributed by atoms with E-state index in [0.29, 0.717) is 24.1 Å². The lowest BCUT2D eigenvalue weighted by molar-refractivity contribution is 0.1000. The highest BCUT2D eigenvalue weighted by Gasteiger charge is 2.35. The largest absolute Gasteiger partial charge is 0.381 e. The van der Waals surface area contributed by atoms with E-state index in [9.17, 15) is 17.6 Å². The summed E-state index contributed by atoms with van der Waals surface area (Å²) in [5.41, 5.74) is 6.01. The minimum absolute atomic E-state index is 0.0644. The zero-order chi connectivity index (χ0) is 15.8. The van der Waals surface area contributed by atoms with Gasteiger partial charge in [0.1, 0.15) is 5.82 Å². The number of primary amides is 1. The van der Waals surface area contributed by atoms with Crippen LogP contribution in [0.15, 0.2) is 12.1 Å². The van der Waals surface area contributed by atoms with Gasteiger partial charge in [0.25, 0.3) is 0 Å².